The molecule has 1 fully saturated rings. The molecule has 0 saturated heterocycles. The van der Waals surface area contributed by atoms with Crippen LogP contribution in [0.15, 0.2) is 18.2 Å². The van der Waals surface area contributed by atoms with Gasteiger partial charge < -0.3 is 5.73 Å². The van der Waals surface area contributed by atoms with Gasteiger partial charge in [0.15, 0.2) is 5.82 Å². The average Bonchev–Trinajstić information content (AvgIpc) is 3.05. The average molecular weight is 262 g/mol. The summed E-state index contributed by atoms with van der Waals surface area (Å²) in [6.07, 6.45) is -2.79. The molecule has 1 aliphatic carbocycles. The lowest BCUT2D eigenvalue weighted by Crippen LogP contribution is -2.35. The van der Waals surface area contributed by atoms with Gasteiger partial charge in [0.05, 0.1) is 12.2 Å². The zero-order valence-corrected chi connectivity index (χ0v) is 9.67. The van der Waals surface area contributed by atoms with Gasteiger partial charge in [0.1, 0.15) is 0 Å². The molecule has 1 saturated carbocycles. The molecule has 2 N–H and O–H groups in total. The Labute approximate surface area is 102 Å². The topological polar surface area (TPSA) is 29.3 Å². The number of halogens is 4. The van der Waals surface area contributed by atoms with Crippen molar-refractivity contribution in [2.24, 2.45) is 0 Å². The molecule has 2 rings (SSSR count). The van der Waals surface area contributed by atoms with Gasteiger partial charge in [-0.3, -0.25) is 4.90 Å². The first-order chi connectivity index (χ1) is 8.37. The Morgan fingerprint density at radius 3 is 2.50 bits per heavy atom. The molecule has 0 radical (unpaired) electrons. The first-order valence-corrected chi connectivity index (χ1v) is 5.70. The molecule has 1 aromatic rings. The van der Waals surface area contributed by atoms with Gasteiger partial charge in [0.2, 0.25) is 0 Å². The van der Waals surface area contributed by atoms with Crippen molar-refractivity contribution in [1.82, 2.24) is 4.90 Å². The summed E-state index contributed by atoms with van der Waals surface area (Å²) in [6, 6.07) is 4.32. The summed E-state index contributed by atoms with van der Waals surface area (Å²) in [5.74, 6) is -0.620. The molecular formula is C12H14F4N2. The molecule has 0 spiro atoms. The molecule has 6 heteroatoms. The highest BCUT2D eigenvalue weighted by molar-refractivity contribution is 5.42. The van der Waals surface area contributed by atoms with Crippen LogP contribution in [0.3, 0.4) is 0 Å². The van der Waals surface area contributed by atoms with Crippen LogP contribution in [0, 0.1) is 5.82 Å². The predicted octanol–water partition coefficient (Wildman–Crippen LogP) is 2.93. The van der Waals surface area contributed by atoms with E-state index in [0.29, 0.717) is 0 Å². The Balaban J connectivity index is 2.11. The maximum atomic E-state index is 13.6. The van der Waals surface area contributed by atoms with Crippen LogP contribution in [0.1, 0.15) is 18.4 Å². The summed E-state index contributed by atoms with van der Waals surface area (Å²) in [5, 5.41) is 0. The van der Waals surface area contributed by atoms with E-state index in [1.807, 2.05) is 0 Å². The van der Waals surface area contributed by atoms with Crippen molar-refractivity contribution in [1.29, 1.82) is 0 Å². The second-order valence-corrected chi connectivity index (χ2v) is 4.57. The van der Waals surface area contributed by atoms with Gasteiger partial charge in [-0.05, 0) is 18.9 Å². The van der Waals surface area contributed by atoms with E-state index in [1.54, 1.807) is 6.07 Å². The zero-order valence-electron chi connectivity index (χ0n) is 9.67. The van der Waals surface area contributed by atoms with E-state index in [2.05, 4.69) is 0 Å². The zero-order chi connectivity index (χ0) is 13.3. The van der Waals surface area contributed by atoms with Crippen molar-refractivity contribution < 1.29 is 17.6 Å². The molecule has 0 heterocycles. The SMILES string of the molecule is Nc1cccc(CN(CC(F)(F)F)C2CC2)c1F. The highest BCUT2D eigenvalue weighted by Gasteiger charge is 2.38. The van der Waals surface area contributed by atoms with Crippen LogP contribution in [0.2, 0.25) is 0 Å². The quantitative estimate of drug-likeness (QED) is 0.667. The molecule has 1 aliphatic rings. The van der Waals surface area contributed by atoms with Gasteiger partial charge in [-0.15, -0.1) is 0 Å². The Morgan fingerprint density at radius 1 is 1.28 bits per heavy atom. The minimum Gasteiger partial charge on any atom is -0.396 e. The van der Waals surface area contributed by atoms with Crippen molar-refractivity contribution >= 4 is 5.69 Å². The first kappa shape index (κ1) is 13.1. The maximum Gasteiger partial charge on any atom is 0.401 e. The summed E-state index contributed by atoms with van der Waals surface area (Å²) < 4.78 is 50.9. The first-order valence-electron chi connectivity index (χ1n) is 5.70. The number of nitrogens with zero attached hydrogens (tertiary/aromatic N) is 1. The van der Waals surface area contributed by atoms with Gasteiger partial charge in [0, 0.05) is 18.2 Å². The predicted molar refractivity (Wildman–Crippen MR) is 60.3 cm³/mol. The fourth-order valence-electron chi connectivity index (χ4n) is 1.92. The molecule has 0 unspecified atom stereocenters. The lowest BCUT2D eigenvalue weighted by atomic mass is 10.1. The lowest BCUT2D eigenvalue weighted by Gasteiger charge is -2.23. The molecule has 0 aliphatic heterocycles. The highest BCUT2D eigenvalue weighted by Crippen LogP contribution is 2.32. The second kappa shape index (κ2) is 4.76. The van der Waals surface area contributed by atoms with E-state index in [-0.39, 0.29) is 23.8 Å². The third kappa shape index (κ3) is 3.35. The van der Waals surface area contributed by atoms with E-state index in [9.17, 15) is 17.6 Å². The summed E-state index contributed by atoms with van der Waals surface area (Å²) in [6.45, 7) is -1.06. The largest absolute Gasteiger partial charge is 0.401 e. The Kier molecular flexibility index (Phi) is 3.47. The number of rotatable bonds is 4. The van der Waals surface area contributed by atoms with Gasteiger partial charge in [-0.1, -0.05) is 12.1 Å². The van der Waals surface area contributed by atoms with Gasteiger partial charge in [-0.2, -0.15) is 13.2 Å². The maximum absolute atomic E-state index is 13.6. The van der Waals surface area contributed by atoms with Crippen LogP contribution in [0.4, 0.5) is 23.2 Å². The molecule has 0 amide bonds. The van der Waals surface area contributed by atoms with Crippen LogP contribution in [-0.2, 0) is 6.54 Å². The molecule has 100 valence electrons. The van der Waals surface area contributed by atoms with Crippen LogP contribution in [0.5, 0.6) is 0 Å². The smallest absolute Gasteiger partial charge is 0.396 e. The van der Waals surface area contributed by atoms with Crippen LogP contribution in [-0.4, -0.2) is 23.7 Å². The number of nitrogens with two attached hydrogens (primary N) is 1. The Bertz CT molecular complexity index is 427. The van der Waals surface area contributed by atoms with Gasteiger partial charge in [0.25, 0.3) is 0 Å². The van der Waals surface area contributed by atoms with E-state index < -0.39 is 18.5 Å². The number of anilines is 1. The number of benzene rings is 1. The highest BCUT2D eigenvalue weighted by atomic mass is 19.4. The van der Waals surface area contributed by atoms with Crippen molar-refractivity contribution in [2.45, 2.75) is 31.6 Å². The molecule has 18 heavy (non-hydrogen) atoms. The number of alkyl halides is 3. The van der Waals surface area contributed by atoms with Crippen LogP contribution < -0.4 is 5.73 Å². The third-order valence-corrected chi connectivity index (χ3v) is 2.93. The number of hydrogen-bond donors (Lipinski definition) is 1. The van der Waals surface area contributed by atoms with E-state index in [4.69, 9.17) is 5.73 Å². The van der Waals surface area contributed by atoms with E-state index >= 15 is 0 Å². The monoisotopic (exact) mass is 262 g/mol. The molecule has 1 aromatic carbocycles. The normalized spacial score (nSPS) is 16.3. The number of hydrogen-bond acceptors (Lipinski definition) is 2. The second-order valence-electron chi connectivity index (χ2n) is 4.57. The third-order valence-electron chi connectivity index (χ3n) is 2.93. The Morgan fingerprint density at radius 2 is 1.94 bits per heavy atom. The summed E-state index contributed by atoms with van der Waals surface area (Å²) in [5.41, 5.74) is 5.58. The standard InChI is InChI=1S/C12H14F4N2/c13-11-8(2-1-3-10(11)17)6-18(9-4-5-9)7-12(14,15)16/h1-3,9H,4-7,17H2. The minimum atomic E-state index is -4.26. The fraction of sp³-hybridized carbons (Fsp3) is 0.500. The molecule has 0 bridgehead atoms. The fourth-order valence-corrected chi connectivity index (χ4v) is 1.92. The van der Waals surface area contributed by atoms with Crippen LogP contribution in [0.25, 0.3) is 0 Å². The van der Waals surface area contributed by atoms with Crippen LogP contribution >= 0.6 is 0 Å². The molecule has 0 aromatic heterocycles. The van der Waals surface area contributed by atoms with Gasteiger partial charge in [-0.25, -0.2) is 4.39 Å². The van der Waals surface area contributed by atoms with Crippen molar-refractivity contribution in [2.75, 3.05) is 12.3 Å². The number of nitrogen functional groups attached to an aromatic ring is 1. The van der Waals surface area contributed by atoms with Crippen molar-refractivity contribution in [3.05, 3.63) is 29.6 Å². The summed E-state index contributed by atoms with van der Waals surface area (Å²) in [4.78, 5) is 1.26. The lowest BCUT2D eigenvalue weighted by molar-refractivity contribution is -0.148. The minimum absolute atomic E-state index is 0.0322. The molecule has 2 nitrogen and oxygen atoms in total. The van der Waals surface area contributed by atoms with Crippen molar-refractivity contribution in [3.8, 4) is 0 Å². The molecular weight excluding hydrogens is 248 g/mol. The van der Waals surface area contributed by atoms with Crippen molar-refractivity contribution in [3.63, 3.8) is 0 Å². The summed E-state index contributed by atoms with van der Waals surface area (Å²) in [7, 11) is 0. The Hall–Kier alpha value is -1.30. The van der Waals surface area contributed by atoms with E-state index in [0.717, 1.165) is 12.8 Å². The molecule has 0 atom stereocenters. The van der Waals surface area contributed by atoms with Gasteiger partial charge >= 0.3 is 6.18 Å². The summed E-state index contributed by atoms with van der Waals surface area (Å²) >= 11 is 0. The van der Waals surface area contributed by atoms with E-state index in [1.165, 1.54) is 17.0 Å².